The molecule has 10 nitrogen and oxygen atoms in total. The number of benzene rings is 2. The van der Waals surface area contributed by atoms with E-state index >= 15 is 0 Å². The molecule has 0 saturated carbocycles. The van der Waals surface area contributed by atoms with Crippen molar-refractivity contribution in [2.45, 2.75) is 6.54 Å². The van der Waals surface area contributed by atoms with Crippen LogP contribution in [0.25, 0.3) is 33.4 Å². The molecule has 3 heterocycles. The van der Waals surface area contributed by atoms with E-state index in [-0.39, 0.29) is 12.5 Å². The van der Waals surface area contributed by atoms with Crippen molar-refractivity contribution >= 4 is 33.9 Å². The van der Waals surface area contributed by atoms with Crippen molar-refractivity contribution in [1.29, 1.82) is 0 Å². The Morgan fingerprint density at radius 2 is 1.79 bits per heavy atom. The summed E-state index contributed by atoms with van der Waals surface area (Å²) in [4.78, 5) is 20.1. The molecule has 1 atom stereocenters. The number of rotatable bonds is 6. The summed E-state index contributed by atoms with van der Waals surface area (Å²) < 4.78 is 28.0. The quantitative estimate of drug-likeness (QED) is 0.357. The third-order valence-electron chi connectivity index (χ3n) is 5.58. The molecule has 2 aromatic carbocycles. The van der Waals surface area contributed by atoms with Crippen molar-refractivity contribution in [2.75, 3.05) is 36.9 Å². The highest BCUT2D eigenvalue weighted by Crippen LogP contribution is 2.31. The lowest BCUT2D eigenvalue weighted by atomic mass is 10.0. The highest BCUT2D eigenvalue weighted by molar-refractivity contribution is 7.77. The van der Waals surface area contributed by atoms with Gasteiger partial charge in [0.15, 0.2) is 5.82 Å². The Hall–Kier alpha value is -3.51. The number of nitrogens with two attached hydrogens (primary N) is 1. The molecule has 1 unspecified atom stereocenters. The fourth-order valence-electron chi connectivity index (χ4n) is 3.90. The van der Waals surface area contributed by atoms with Crippen LogP contribution in [0.4, 0.5) is 11.8 Å². The van der Waals surface area contributed by atoms with E-state index in [9.17, 15) is 4.21 Å². The van der Waals surface area contributed by atoms with Gasteiger partial charge < -0.3 is 15.4 Å². The second-order valence-electron chi connectivity index (χ2n) is 7.80. The Morgan fingerprint density at radius 3 is 2.56 bits per heavy atom. The first-order chi connectivity index (χ1) is 16.6. The maximum absolute atomic E-state index is 11.0. The number of nitrogen functional groups attached to an aromatic ring is 1. The van der Waals surface area contributed by atoms with E-state index in [1.807, 2.05) is 42.5 Å². The van der Waals surface area contributed by atoms with Crippen molar-refractivity contribution in [2.24, 2.45) is 0 Å². The van der Waals surface area contributed by atoms with Crippen molar-refractivity contribution in [3.63, 3.8) is 0 Å². The van der Waals surface area contributed by atoms with Crippen LogP contribution in [0.15, 0.2) is 54.9 Å². The summed E-state index contributed by atoms with van der Waals surface area (Å²) in [6.45, 7) is 3.06. The van der Waals surface area contributed by atoms with Gasteiger partial charge in [-0.2, -0.15) is 0 Å². The molecular formula is C23H23N7O3S. The van der Waals surface area contributed by atoms with Crippen LogP contribution in [0.1, 0.15) is 5.56 Å². The molecule has 4 aromatic rings. The summed E-state index contributed by atoms with van der Waals surface area (Å²) in [5.41, 5.74) is 9.99. The second kappa shape index (κ2) is 9.77. The van der Waals surface area contributed by atoms with Gasteiger partial charge in [0.05, 0.1) is 24.3 Å². The minimum Gasteiger partial charge on any atom is -0.378 e. The van der Waals surface area contributed by atoms with E-state index in [0.29, 0.717) is 24.6 Å². The minimum atomic E-state index is -2.06. The number of fused-ring (bicyclic) bond motifs is 1. The molecule has 1 aliphatic heterocycles. The van der Waals surface area contributed by atoms with E-state index in [0.717, 1.165) is 46.5 Å². The summed E-state index contributed by atoms with van der Waals surface area (Å²) in [5, 5.41) is 0.944. The Labute approximate surface area is 198 Å². The first-order valence-corrected chi connectivity index (χ1v) is 11.8. The topological polar surface area (TPSA) is 139 Å². The Bertz CT molecular complexity index is 1340. The van der Waals surface area contributed by atoms with E-state index < -0.39 is 11.3 Å². The van der Waals surface area contributed by atoms with E-state index in [4.69, 9.17) is 25.0 Å². The zero-order valence-corrected chi connectivity index (χ0v) is 19.0. The zero-order valence-electron chi connectivity index (χ0n) is 18.2. The van der Waals surface area contributed by atoms with Gasteiger partial charge in [-0.25, -0.2) is 28.9 Å². The molecule has 0 aliphatic carbocycles. The molecule has 34 heavy (non-hydrogen) atoms. The monoisotopic (exact) mass is 477 g/mol. The molecule has 0 spiro atoms. The lowest BCUT2D eigenvalue weighted by Crippen LogP contribution is -2.37. The molecule has 11 heteroatoms. The maximum Gasteiger partial charge on any atom is 0.232 e. The molecule has 0 radical (unpaired) electrons. The standard InChI is InChI=1S/C23H23N7O3S/c24-23-25-13-18(14-26-23)21-28-20-11-17(16-3-1-2-15(10-16)12-27-34(31)32)4-5-19(20)22(29-21)30-6-8-33-9-7-30/h1-5,10-11,13-14,27H,6-9,12H2,(H,31,32)(H2,24,25,26). The van der Waals surface area contributed by atoms with E-state index in [1.165, 1.54) is 0 Å². The molecular weight excluding hydrogens is 454 g/mol. The van der Waals surface area contributed by atoms with Crippen molar-refractivity contribution in [1.82, 2.24) is 24.7 Å². The number of nitrogens with one attached hydrogen (secondary N) is 1. The first-order valence-electron chi connectivity index (χ1n) is 10.7. The number of anilines is 2. The average Bonchev–Trinajstić information content (AvgIpc) is 2.87. The van der Waals surface area contributed by atoms with Crippen LogP contribution in [0.3, 0.4) is 0 Å². The van der Waals surface area contributed by atoms with Gasteiger partial charge in [-0.1, -0.05) is 24.3 Å². The van der Waals surface area contributed by atoms with Gasteiger partial charge in [-0.05, 0) is 34.9 Å². The van der Waals surface area contributed by atoms with Crippen molar-refractivity contribution < 1.29 is 13.5 Å². The van der Waals surface area contributed by atoms with Gasteiger partial charge in [0.2, 0.25) is 17.2 Å². The van der Waals surface area contributed by atoms with Gasteiger partial charge in [0, 0.05) is 37.4 Å². The maximum atomic E-state index is 11.0. The molecule has 0 amide bonds. The summed E-state index contributed by atoms with van der Waals surface area (Å²) in [7, 11) is 0. The summed E-state index contributed by atoms with van der Waals surface area (Å²) in [5.74, 6) is 1.56. The SMILES string of the molecule is Nc1ncc(-c2nc(N3CCOCC3)c3ccc(-c4cccc(CNS(=O)O)c4)cc3n2)cn1. The molecule has 2 aromatic heterocycles. The summed E-state index contributed by atoms with van der Waals surface area (Å²) >= 11 is -2.06. The predicted octanol–water partition coefficient (Wildman–Crippen LogP) is 2.40. The summed E-state index contributed by atoms with van der Waals surface area (Å²) in [6, 6.07) is 13.9. The van der Waals surface area contributed by atoms with E-state index in [1.54, 1.807) is 12.4 Å². The van der Waals surface area contributed by atoms with Crippen LogP contribution in [0.5, 0.6) is 0 Å². The fourth-order valence-corrected chi connectivity index (χ4v) is 4.19. The fraction of sp³-hybridized carbons (Fsp3) is 0.217. The summed E-state index contributed by atoms with van der Waals surface area (Å²) in [6.07, 6.45) is 3.25. The molecule has 5 rings (SSSR count). The van der Waals surface area contributed by atoms with Gasteiger partial charge in [-0.15, -0.1) is 0 Å². The molecule has 0 bridgehead atoms. The highest BCUT2D eigenvalue weighted by atomic mass is 32.2. The van der Waals surface area contributed by atoms with Gasteiger partial charge in [0.25, 0.3) is 0 Å². The third kappa shape index (κ3) is 4.87. The van der Waals surface area contributed by atoms with Gasteiger partial charge >= 0.3 is 0 Å². The average molecular weight is 478 g/mol. The van der Waals surface area contributed by atoms with Gasteiger partial charge in [0.1, 0.15) is 5.82 Å². The normalized spacial score (nSPS) is 14.9. The van der Waals surface area contributed by atoms with Crippen molar-refractivity contribution in [3.8, 4) is 22.5 Å². The zero-order chi connectivity index (χ0) is 23.5. The molecule has 4 N–H and O–H groups in total. The van der Waals surface area contributed by atoms with Crippen LogP contribution < -0.4 is 15.4 Å². The van der Waals surface area contributed by atoms with Crippen LogP contribution in [0, 0.1) is 0 Å². The number of hydrogen-bond acceptors (Lipinski definition) is 8. The lowest BCUT2D eigenvalue weighted by molar-refractivity contribution is 0.122. The number of hydrogen-bond donors (Lipinski definition) is 3. The third-order valence-corrected chi connectivity index (χ3v) is 5.97. The number of nitrogens with zero attached hydrogens (tertiary/aromatic N) is 5. The van der Waals surface area contributed by atoms with Gasteiger partial charge in [-0.3, -0.25) is 4.55 Å². The number of morpholine rings is 1. The van der Waals surface area contributed by atoms with Crippen LogP contribution in [-0.2, 0) is 22.5 Å². The largest absolute Gasteiger partial charge is 0.378 e. The number of aromatic nitrogens is 4. The van der Waals surface area contributed by atoms with Crippen molar-refractivity contribution in [3.05, 3.63) is 60.4 Å². The Balaban J connectivity index is 1.59. The Morgan fingerprint density at radius 1 is 1.03 bits per heavy atom. The predicted molar refractivity (Wildman–Crippen MR) is 131 cm³/mol. The molecule has 1 aliphatic rings. The second-order valence-corrected chi connectivity index (χ2v) is 8.59. The number of ether oxygens (including phenoxy) is 1. The van der Waals surface area contributed by atoms with Crippen LogP contribution in [0.2, 0.25) is 0 Å². The first kappa shape index (κ1) is 22.3. The van der Waals surface area contributed by atoms with Crippen LogP contribution in [-0.4, -0.2) is 55.0 Å². The molecule has 174 valence electrons. The van der Waals surface area contributed by atoms with E-state index in [2.05, 4.69) is 19.6 Å². The molecule has 1 saturated heterocycles. The minimum absolute atomic E-state index is 0.194. The highest BCUT2D eigenvalue weighted by Gasteiger charge is 2.19. The smallest absolute Gasteiger partial charge is 0.232 e. The molecule has 1 fully saturated rings. The lowest BCUT2D eigenvalue weighted by Gasteiger charge is -2.29. The van der Waals surface area contributed by atoms with Crippen LogP contribution >= 0.6 is 0 Å². The Kier molecular flexibility index (Phi) is 6.41.